The first-order valence-corrected chi connectivity index (χ1v) is 6.60. The first kappa shape index (κ1) is 9.68. The molecular weight excluding hydrogens is 214 g/mol. The third-order valence-electron chi connectivity index (χ3n) is 5.05. The molecule has 0 radical (unpaired) electrons. The van der Waals surface area contributed by atoms with E-state index in [-0.39, 0.29) is 5.91 Å². The standard InChI is InChI=1S/C13H17N3O/c17-13(14-6-9-3-4-15-16-9)12-10-7-1-2-8(5-7)11(10)12/h3-4,7-8,10-12H,1-2,5-6H2,(H,14,17)(H,15,16). The largest absolute Gasteiger partial charge is 0.350 e. The number of carbonyl (C=O) groups excluding carboxylic acids is 1. The first-order chi connectivity index (χ1) is 8.34. The molecule has 4 rings (SSSR count). The number of nitrogens with one attached hydrogen (secondary N) is 2. The number of fused-ring (bicyclic) bond motifs is 5. The lowest BCUT2D eigenvalue weighted by Gasteiger charge is -2.08. The van der Waals surface area contributed by atoms with Gasteiger partial charge in [0.2, 0.25) is 5.91 Å². The van der Waals surface area contributed by atoms with Gasteiger partial charge in [-0.2, -0.15) is 5.10 Å². The van der Waals surface area contributed by atoms with E-state index in [1.165, 1.54) is 19.3 Å². The quantitative estimate of drug-likeness (QED) is 0.824. The predicted molar refractivity (Wildman–Crippen MR) is 61.7 cm³/mol. The molecule has 1 heterocycles. The van der Waals surface area contributed by atoms with Gasteiger partial charge in [0, 0.05) is 12.1 Å². The van der Waals surface area contributed by atoms with Gasteiger partial charge in [0.05, 0.1) is 12.2 Å². The average molecular weight is 231 g/mol. The van der Waals surface area contributed by atoms with E-state index in [1.54, 1.807) is 6.20 Å². The van der Waals surface area contributed by atoms with Crippen LogP contribution in [0.2, 0.25) is 0 Å². The summed E-state index contributed by atoms with van der Waals surface area (Å²) in [7, 11) is 0. The molecule has 3 saturated carbocycles. The molecule has 90 valence electrons. The van der Waals surface area contributed by atoms with Gasteiger partial charge in [0.25, 0.3) is 0 Å². The van der Waals surface area contributed by atoms with Crippen molar-refractivity contribution >= 4 is 5.91 Å². The van der Waals surface area contributed by atoms with E-state index in [0.29, 0.717) is 12.5 Å². The highest BCUT2D eigenvalue weighted by Gasteiger charge is 2.67. The van der Waals surface area contributed by atoms with Crippen molar-refractivity contribution in [3.8, 4) is 0 Å². The number of nitrogens with zero attached hydrogens (tertiary/aromatic N) is 1. The van der Waals surface area contributed by atoms with Gasteiger partial charge in [0.15, 0.2) is 0 Å². The molecule has 0 aliphatic heterocycles. The SMILES string of the molecule is O=C(NCc1ccn[nH]1)C1C2C3CCC(C3)C12. The van der Waals surface area contributed by atoms with Crippen LogP contribution < -0.4 is 5.32 Å². The van der Waals surface area contributed by atoms with Crippen molar-refractivity contribution in [3.05, 3.63) is 18.0 Å². The van der Waals surface area contributed by atoms with Crippen molar-refractivity contribution in [1.82, 2.24) is 15.5 Å². The summed E-state index contributed by atoms with van der Waals surface area (Å²) in [4.78, 5) is 12.1. The summed E-state index contributed by atoms with van der Waals surface area (Å²) in [6.07, 6.45) is 5.86. The Morgan fingerprint density at radius 1 is 1.41 bits per heavy atom. The maximum absolute atomic E-state index is 12.1. The van der Waals surface area contributed by atoms with Gasteiger partial charge in [-0.25, -0.2) is 0 Å². The normalized spacial score (nSPS) is 41.3. The maximum Gasteiger partial charge on any atom is 0.224 e. The van der Waals surface area contributed by atoms with Crippen LogP contribution in [-0.2, 0) is 11.3 Å². The molecule has 1 amide bonds. The average Bonchev–Trinajstić information content (AvgIpc) is 2.80. The summed E-state index contributed by atoms with van der Waals surface area (Å²) in [5.41, 5.74) is 0.979. The van der Waals surface area contributed by atoms with E-state index < -0.39 is 0 Å². The summed E-state index contributed by atoms with van der Waals surface area (Å²) in [5, 5.41) is 9.78. The Hall–Kier alpha value is -1.32. The van der Waals surface area contributed by atoms with E-state index >= 15 is 0 Å². The van der Waals surface area contributed by atoms with Gasteiger partial charge in [-0.05, 0) is 49.0 Å². The number of H-pyrrole nitrogens is 1. The van der Waals surface area contributed by atoms with Crippen LogP contribution in [0.25, 0.3) is 0 Å². The molecule has 17 heavy (non-hydrogen) atoms. The minimum Gasteiger partial charge on any atom is -0.350 e. The van der Waals surface area contributed by atoms with Gasteiger partial charge in [-0.1, -0.05) is 0 Å². The maximum atomic E-state index is 12.1. The molecule has 0 aromatic carbocycles. The number of aromatic amines is 1. The third-order valence-corrected chi connectivity index (χ3v) is 5.05. The predicted octanol–water partition coefficient (Wildman–Crippen LogP) is 1.32. The number of rotatable bonds is 3. The summed E-state index contributed by atoms with van der Waals surface area (Å²) in [5.74, 6) is 3.81. The summed E-state index contributed by atoms with van der Waals surface area (Å²) >= 11 is 0. The Bertz CT molecular complexity index is 426. The van der Waals surface area contributed by atoms with Gasteiger partial charge >= 0.3 is 0 Å². The number of hydrogen-bond acceptors (Lipinski definition) is 2. The van der Waals surface area contributed by atoms with Crippen molar-refractivity contribution < 1.29 is 4.79 Å². The Labute approximate surface area is 100 Å². The third kappa shape index (κ3) is 1.36. The summed E-state index contributed by atoms with van der Waals surface area (Å²) in [6, 6.07) is 1.90. The van der Waals surface area contributed by atoms with Gasteiger partial charge in [-0.3, -0.25) is 9.89 Å². The molecule has 2 bridgehead atoms. The van der Waals surface area contributed by atoms with Crippen LogP contribution in [0.1, 0.15) is 25.0 Å². The van der Waals surface area contributed by atoms with E-state index in [0.717, 1.165) is 29.4 Å². The van der Waals surface area contributed by atoms with E-state index in [2.05, 4.69) is 15.5 Å². The van der Waals surface area contributed by atoms with E-state index in [1.807, 2.05) is 6.07 Å². The van der Waals surface area contributed by atoms with Crippen LogP contribution >= 0.6 is 0 Å². The second-order valence-corrected chi connectivity index (χ2v) is 5.81. The smallest absolute Gasteiger partial charge is 0.224 e. The lowest BCUT2D eigenvalue weighted by Crippen LogP contribution is -2.27. The van der Waals surface area contributed by atoms with Crippen LogP contribution in [0.15, 0.2) is 12.3 Å². The molecule has 0 saturated heterocycles. The van der Waals surface area contributed by atoms with Crippen LogP contribution in [0.3, 0.4) is 0 Å². The van der Waals surface area contributed by atoms with Crippen LogP contribution in [0, 0.1) is 29.6 Å². The van der Waals surface area contributed by atoms with E-state index in [4.69, 9.17) is 0 Å². The van der Waals surface area contributed by atoms with Crippen LogP contribution in [0.4, 0.5) is 0 Å². The van der Waals surface area contributed by atoms with Crippen molar-refractivity contribution in [2.45, 2.75) is 25.8 Å². The molecule has 1 aromatic heterocycles. The molecule has 1 aromatic rings. The van der Waals surface area contributed by atoms with Gasteiger partial charge in [-0.15, -0.1) is 0 Å². The highest BCUT2D eigenvalue weighted by Crippen LogP contribution is 2.69. The Morgan fingerprint density at radius 3 is 2.82 bits per heavy atom. The molecule has 4 unspecified atom stereocenters. The fourth-order valence-corrected chi connectivity index (χ4v) is 4.36. The molecule has 0 spiro atoms. The molecule has 3 aliphatic carbocycles. The highest BCUT2D eigenvalue weighted by molar-refractivity contribution is 5.82. The van der Waals surface area contributed by atoms with Crippen molar-refractivity contribution in [2.24, 2.45) is 29.6 Å². The monoisotopic (exact) mass is 231 g/mol. The molecule has 2 N–H and O–H groups in total. The number of amides is 1. The number of carbonyl (C=O) groups is 1. The van der Waals surface area contributed by atoms with Crippen molar-refractivity contribution in [3.63, 3.8) is 0 Å². The van der Waals surface area contributed by atoms with Gasteiger partial charge < -0.3 is 5.32 Å². The molecule has 3 fully saturated rings. The second-order valence-electron chi connectivity index (χ2n) is 5.81. The van der Waals surface area contributed by atoms with E-state index in [9.17, 15) is 4.79 Å². The topological polar surface area (TPSA) is 57.8 Å². The fraction of sp³-hybridized carbons (Fsp3) is 0.692. The first-order valence-electron chi connectivity index (χ1n) is 6.60. The molecular formula is C13H17N3O. The Morgan fingerprint density at radius 2 is 2.18 bits per heavy atom. The zero-order chi connectivity index (χ0) is 11.4. The molecule has 4 heteroatoms. The van der Waals surface area contributed by atoms with Crippen LogP contribution in [0.5, 0.6) is 0 Å². The summed E-state index contributed by atoms with van der Waals surface area (Å²) < 4.78 is 0. The molecule has 4 atom stereocenters. The summed E-state index contributed by atoms with van der Waals surface area (Å²) in [6.45, 7) is 0.587. The Balaban J connectivity index is 1.37. The molecule has 3 aliphatic rings. The number of aromatic nitrogens is 2. The zero-order valence-electron chi connectivity index (χ0n) is 9.73. The zero-order valence-corrected chi connectivity index (χ0v) is 9.73. The van der Waals surface area contributed by atoms with Crippen molar-refractivity contribution in [1.29, 1.82) is 0 Å². The lowest BCUT2D eigenvalue weighted by molar-refractivity contribution is -0.123. The highest BCUT2D eigenvalue weighted by atomic mass is 16.2. The molecule has 4 nitrogen and oxygen atoms in total. The Kier molecular flexibility index (Phi) is 1.90. The number of hydrogen-bond donors (Lipinski definition) is 2. The fourth-order valence-electron chi connectivity index (χ4n) is 4.36. The minimum absolute atomic E-state index is 0.270. The van der Waals surface area contributed by atoms with Crippen molar-refractivity contribution in [2.75, 3.05) is 0 Å². The lowest BCUT2D eigenvalue weighted by atomic mass is 10.0. The van der Waals surface area contributed by atoms with Gasteiger partial charge in [0.1, 0.15) is 0 Å². The van der Waals surface area contributed by atoms with Crippen LogP contribution in [-0.4, -0.2) is 16.1 Å². The second kappa shape index (κ2) is 3.34. The minimum atomic E-state index is 0.270.